The Morgan fingerprint density at radius 1 is 0.821 bits per heavy atom. The van der Waals surface area contributed by atoms with E-state index in [0.29, 0.717) is 18.0 Å². The molecule has 7 rings (SSSR count). The number of nitrogens with one attached hydrogen (secondary N) is 1. The summed E-state index contributed by atoms with van der Waals surface area (Å²) in [7, 11) is 0. The number of ether oxygens (including phenoxy) is 2. The number of para-hydroxylation sites is 2. The van der Waals surface area contributed by atoms with Crippen LogP contribution in [0.1, 0.15) is 47.9 Å². The van der Waals surface area contributed by atoms with Crippen LogP contribution < -0.4 is 10.1 Å². The second-order valence-electron chi connectivity index (χ2n) is 10.1. The van der Waals surface area contributed by atoms with Gasteiger partial charge in [-0.2, -0.15) is 0 Å². The molecular formula is C31H28N2O6. The Labute approximate surface area is 225 Å². The van der Waals surface area contributed by atoms with Crippen molar-refractivity contribution in [2.45, 2.75) is 31.7 Å². The normalized spacial score (nSPS) is 23.0. The van der Waals surface area contributed by atoms with Crippen molar-refractivity contribution in [3.05, 3.63) is 95.1 Å². The third kappa shape index (κ3) is 3.90. The Kier molecular flexibility index (Phi) is 6.17. The number of imide groups is 1. The molecular weight excluding hydrogens is 496 g/mol. The van der Waals surface area contributed by atoms with Crippen molar-refractivity contribution in [3.63, 3.8) is 0 Å². The van der Waals surface area contributed by atoms with Gasteiger partial charge in [-0.15, -0.1) is 0 Å². The summed E-state index contributed by atoms with van der Waals surface area (Å²) in [5, 5.41) is 2.67. The molecule has 0 unspecified atom stereocenters. The van der Waals surface area contributed by atoms with Gasteiger partial charge in [0.1, 0.15) is 11.8 Å². The van der Waals surface area contributed by atoms with Crippen molar-refractivity contribution in [2.24, 2.45) is 11.8 Å². The van der Waals surface area contributed by atoms with Crippen LogP contribution in [0.25, 0.3) is 0 Å². The van der Waals surface area contributed by atoms with Crippen molar-refractivity contribution >= 4 is 29.4 Å². The standard InChI is InChI=1S/C31H28N2O6/c1-3-38-23-15-9-8-14-22(23)32-24(34)16-39-31(37)17(2)33-29(35)27-25-18-10-4-5-11-19(18)26(28(27)30(33)36)21-13-7-6-12-20(21)25/h4-15,17,25-28H,3,16H2,1-2H3,(H,32,34)/t17-,25?,26?,27-,28-/m0/s1. The minimum absolute atomic E-state index is 0.256. The molecule has 0 radical (unpaired) electrons. The molecule has 1 fully saturated rings. The Hall–Kier alpha value is -4.46. The average Bonchev–Trinajstić information content (AvgIpc) is 3.22. The molecule has 3 aliphatic carbocycles. The van der Waals surface area contributed by atoms with E-state index in [-0.39, 0.29) is 23.7 Å². The molecule has 39 heavy (non-hydrogen) atoms. The molecule has 198 valence electrons. The molecule has 1 heterocycles. The van der Waals surface area contributed by atoms with E-state index in [1.165, 1.54) is 6.92 Å². The van der Waals surface area contributed by atoms with Crippen molar-refractivity contribution in [1.29, 1.82) is 0 Å². The van der Waals surface area contributed by atoms with Crippen LogP contribution in [0, 0.1) is 11.8 Å². The molecule has 3 amide bonds. The Balaban J connectivity index is 1.19. The lowest BCUT2D eigenvalue weighted by molar-refractivity contribution is -0.159. The van der Waals surface area contributed by atoms with E-state index in [2.05, 4.69) is 5.32 Å². The number of hydrogen-bond acceptors (Lipinski definition) is 6. The summed E-state index contributed by atoms with van der Waals surface area (Å²) in [5.41, 5.74) is 4.70. The predicted octanol–water partition coefficient (Wildman–Crippen LogP) is 3.85. The summed E-state index contributed by atoms with van der Waals surface area (Å²) < 4.78 is 10.8. The molecule has 1 aliphatic heterocycles. The number of rotatable bonds is 7. The number of carbonyl (C=O) groups excluding carboxylic acids is 4. The molecule has 0 aromatic heterocycles. The number of nitrogens with zero attached hydrogens (tertiary/aromatic N) is 1. The van der Waals surface area contributed by atoms with Gasteiger partial charge in [-0.1, -0.05) is 60.7 Å². The van der Waals surface area contributed by atoms with Gasteiger partial charge < -0.3 is 14.8 Å². The third-order valence-corrected chi connectivity index (χ3v) is 8.02. The zero-order valence-corrected chi connectivity index (χ0v) is 21.6. The summed E-state index contributed by atoms with van der Waals surface area (Å²) in [4.78, 5) is 54.1. The third-order valence-electron chi connectivity index (χ3n) is 8.02. The van der Waals surface area contributed by atoms with Crippen LogP contribution in [0.2, 0.25) is 0 Å². The smallest absolute Gasteiger partial charge is 0.329 e. The number of likely N-dealkylation sites (tertiary alicyclic amines) is 1. The monoisotopic (exact) mass is 524 g/mol. The van der Waals surface area contributed by atoms with Crippen molar-refractivity contribution in [2.75, 3.05) is 18.5 Å². The maximum atomic E-state index is 13.8. The Bertz CT molecular complexity index is 1380. The van der Waals surface area contributed by atoms with Crippen LogP contribution in [0.5, 0.6) is 5.75 Å². The number of hydrogen-bond donors (Lipinski definition) is 1. The van der Waals surface area contributed by atoms with E-state index in [4.69, 9.17) is 9.47 Å². The lowest BCUT2D eigenvalue weighted by Gasteiger charge is -2.45. The lowest BCUT2D eigenvalue weighted by atomic mass is 9.55. The molecule has 1 saturated heterocycles. The van der Waals surface area contributed by atoms with Gasteiger partial charge in [-0.05, 0) is 48.2 Å². The second-order valence-corrected chi connectivity index (χ2v) is 10.1. The first-order chi connectivity index (χ1) is 18.9. The molecule has 0 spiro atoms. The first-order valence-electron chi connectivity index (χ1n) is 13.1. The minimum Gasteiger partial charge on any atom is -0.492 e. The van der Waals surface area contributed by atoms with Gasteiger partial charge in [-0.3, -0.25) is 19.3 Å². The fraction of sp³-hybridized carbons (Fsp3) is 0.290. The second kappa shape index (κ2) is 9.69. The Morgan fingerprint density at radius 2 is 1.31 bits per heavy atom. The van der Waals surface area contributed by atoms with E-state index >= 15 is 0 Å². The Morgan fingerprint density at radius 3 is 1.82 bits per heavy atom. The van der Waals surface area contributed by atoms with Crippen LogP contribution >= 0.6 is 0 Å². The van der Waals surface area contributed by atoms with Crippen LogP contribution in [-0.2, 0) is 23.9 Å². The van der Waals surface area contributed by atoms with Gasteiger partial charge in [0, 0.05) is 11.8 Å². The topological polar surface area (TPSA) is 102 Å². The van der Waals surface area contributed by atoms with E-state index < -0.39 is 36.4 Å². The van der Waals surface area contributed by atoms with Crippen molar-refractivity contribution in [1.82, 2.24) is 4.90 Å². The summed E-state index contributed by atoms with van der Waals surface area (Å²) in [6.45, 7) is 3.17. The molecule has 2 bridgehead atoms. The van der Waals surface area contributed by atoms with Crippen LogP contribution in [-0.4, -0.2) is 47.8 Å². The van der Waals surface area contributed by atoms with Crippen molar-refractivity contribution < 1.29 is 28.7 Å². The van der Waals surface area contributed by atoms with Gasteiger partial charge in [0.2, 0.25) is 11.8 Å². The number of benzene rings is 3. The SMILES string of the molecule is CCOc1ccccc1NC(=O)COC(=O)[C@H](C)N1C(=O)[C@H]2C3c4ccccc4C(c4ccccc43)[C@@H]2C1=O. The first kappa shape index (κ1) is 24.9. The maximum absolute atomic E-state index is 13.8. The molecule has 3 aromatic rings. The van der Waals surface area contributed by atoms with Gasteiger partial charge in [0.25, 0.3) is 5.91 Å². The van der Waals surface area contributed by atoms with E-state index in [0.717, 1.165) is 27.2 Å². The molecule has 1 N–H and O–H groups in total. The van der Waals surface area contributed by atoms with E-state index in [1.807, 2.05) is 55.5 Å². The molecule has 4 aliphatic rings. The average molecular weight is 525 g/mol. The molecule has 8 heteroatoms. The number of carbonyl (C=O) groups is 4. The van der Waals surface area contributed by atoms with Gasteiger partial charge in [0.05, 0.1) is 24.1 Å². The van der Waals surface area contributed by atoms with E-state index in [9.17, 15) is 19.2 Å². The summed E-state index contributed by atoms with van der Waals surface area (Å²) in [6, 6.07) is 21.7. The number of anilines is 1. The summed E-state index contributed by atoms with van der Waals surface area (Å²) in [6.07, 6.45) is 0. The zero-order chi connectivity index (χ0) is 27.3. The van der Waals surface area contributed by atoms with E-state index in [1.54, 1.807) is 24.3 Å². The largest absolute Gasteiger partial charge is 0.492 e. The highest BCUT2D eigenvalue weighted by atomic mass is 16.5. The van der Waals surface area contributed by atoms with Crippen molar-refractivity contribution in [3.8, 4) is 5.75 Å². The maximum Gasteiger partial charge on any atom is 0.329 e. The highest BCUT2D eigenvalue weighted by Gasteiger charge is 2.62. The number of amides is 3. The highest BCUT2D eigenvalue weighted by Crippen LogP contribution is 2.61. The summed E-state index contributed by atoms with van der Waals surface area (Å²) in [5.74, 6) is -3.29. The van der Waals surface area contributed by atoms with Gasteiger partial charge in [-0.25, -0.2) is 4.79 Å². The van der Waals surface area contributed by atoms with Gasteiger partial charge >= 0.3 is 5.97 Å². The quantitative estimate of drug-likeness (QED) is 0.372. The number of esters is 1. The minimum atomic E-state index is -1.16. The molecule has 8 nitrogen and oxygen atoms in total. The molecule has 3 atom stereocenters. The fourth-order valence-electron chi connectivity index (χ4n) is 6.48. The first-order valence-corrected chi connectivity index (χ1v) is 13.1. The molecule has 3 aromatic carbocycles. The highest BCUT2D eigenvalue weighted by molar-refractivity contribution is 6.10. The zero-order valence-electron chi connectivity index (χ0n) is 21.6. The van der Waals surface area contributed by atoms with Gasteiger partial charge in [0.15, 0.2) is 6.61 Å². The van der Waals surface area contributed by atoms with Crippen LogP contribution in [0.4, 0.5) is 5.69 Å². The summed E-state index contributed by atoms with van der Waals surface area (Å²) >= 11 is 0. The van der Waals surface area contributed by atoms with Crippen LogP contribution in [0.3, 0.4) is 0 Å². The molecule has 0 saturated carbocycles. The van der Waals surface area contributed by atoms with Crippen LogP contribution in [0.15, 0.2) is 72.8 Å². The predicted molar refractivity (Wildman–Crippen MR) is 142 cm³/mol. The lowest BCUT2D eigenvalue weighted by Crippen LogP contribution is -2.45. The fourth-order valence-corrected chi connectivity index (χ4v) is 6.48.